The van der Waals surface area contributed by atoms with Crippen molar-refractivity contribution in [3.8, 4) is 0 Å². The molecule has 96 valence electrons. The van der Waals surface area contributed by atoms with Crippen LogP contribution in [0.4, 0.5) is 0 Å². The largest absolute Gasteiger partial charge is 0.335 e. The third-order valence-corrected chi connectivity index (χ3v) is 5.20. The number of halogens is 1. The van der Waals surface area contributed by atoms with Gasteiger partial charge in [0.1, 0.15) is 0 Å². The van der Waals surface area contributed by atoms with Gasteiger partial charge in [0, 0.05) is 11.4 Å². The van der Waals surface area contributed by atoms with E-state index in [9.17, 15) is 8.42 Å². The number of nitrogens with zero attached hydrogens (tertiary/aromatic N) is 1. The molecular weight excluding hydrogens is 262 g/mol. The van der Waals surface area contributed by atoms with Crippen molar-refractivity contribution in [2.75, 3.05) is 5.88 Å². The lowest BCUT2D eigenvalue weighted by atomic mass is 9.84. The van der Waals surface area contributed by atoms with Gasteiger partial charge in [-0.05, 0) is 12.8 Å². The average Bonchev–Trinajstić information content (AvgIpc) is 2.84. The van der Waals surface area contributed by atoms with E-state index in [-0.39, 0.29) is 5.03 Å². The Labute approximate surface area is 106 Å². The van der Waals surface area contributed by atoms with Crippen LogP contribution in [0.5, 0.6) is 0 Å². The first-order chi connectivity index (χ1) is 8.08. The number of hydrogen-bond acceptors (Lipinski definition) is 3. The lowest BCUT2D eigenvalue weighted by molar-refractivity contribution is 0.297. The molecule has 0 bridgehead atoms. The molecule has 1 fully saturated rings. The van der Waals surface area contributed by atoms with E-state index < -0.39 is 15.6 Å². The van der Waals surface area contributed by atoms with E-state index in [1.54, 1.807) is 0 Å². The van der Waals surface area contributed by atoms with E-state index in [4.69, 9.17) is 11.6 Å². The van der Waals surface area contributed by atoms with Gasteiger partial charge in [0.2, 0.25) is 0 Å². The first-order valence-corrected chi connectivity index (χ1v) is 7.68. The molecule has 2 rings (SSSR count). The molecular formula is C10H16ClN3O2S. The van der Waals surface area contributed by atoms with Crippen molar-refractivity contribution in [1.29, 1.82) is 0 Å². The van der Waals surface area contributed by atoms with Gasteiger partial charge in [-0.25, -0.2) is 18.1 Å². The zero-order valence-corrected chi connectivity index (χ0v) is 11.0. The molecule has 1 aromatic heterocycles. The molecule has 1 aromatic rings. The van der Waals surface area contributed by atoms with Gasteiger partial charge in [0.25, 0.3) is 10.0 Å². The summed E-state index contributed by atoms with van der Waals surface area (Å²) in [5, 5.41) is 0.0903. The number of imidazole rings is 1. The summed E-state index contributed by atoms with van der Waals surface area (Å²) in [4.78, 5) is 6.33. The summed E-state index contributed by atoms with van der Waals surface area (Å²) < 4.78 is 26.9. The van der Waals surface area contributed by atoms with E-state index in [2.05, 4.69) is 14.7 Å². The van der Waals surface area contributed by atoms with E-state index in [0.29, 0.717) is 5.88 Å². The molecule has 0 radical (unpaired) electrons. The number of rotatable bonds is 4. The van der Waals surface area contributed by atoms with Gasteiger partial charge in [0.05, 0.1) is 12.5 Å². The predicted molar refractivity (Wildman–Crippen MR) is 65.4 cm³/mol. The van der Waals surface area contributed by atoms with Crippen molar-refractivity contribution < 1.29 is 8.42 Å². The molecule has 0 atom stereocenters. The number of alkyl halides is 1. The highest BCUT2D eigenvalue weighted by atomic mass is 35.5. The zero-order chi connectivity index (χ0) is 12.4. The van der Waals surface area contributed by atoms with Crippen LogP contribution in [0.15, 0.2) is 17.6 Å². The lowest BCUT2D eigenvalue weighted by Gasteiger charge is -2.35. The molecule has 0 spiro atoms. The Kier molecular flexibility index (Phi) is 3.75. The summed E-state index contributed by atoms with van der Waals surface area (Å²) in [5.74, 6) is 0.306. The molecule has 5 nitrogen and oxygen atoms in total. The van der Waals surface area contributed by atoms with E-state index in [1.165, 1.54) is 12.5 Å². The molecule has 1 aliphatic carbocycles. The van der Waals surface area contributed by atoms with Crippen LogP contribution in [0, 0.1) is 0 Å². The molecule has 2 N–H and O–H groups in total. The minimum Gasteiger partial charge on any atom is -0.335 e. The Bertz CT molecular complexity index is 452. The maximum atomic E-state index is 12.1. The minimum atomic E-state index is -3.54. The molecule has 0 amide bonds. The first kappa shape index (κ1) is 12.9. The van der Waals surface area contributed by atoms with Crippen LogP contribution in [0.3, 0.4) is 0 Å². The maximum Gasteiger partial charge on any atom is 0.258 e. The molecule has 7 heteroatoms. The molecule has 0 aliphatic heterocycles. The Morgan fingerprint density at radius 1 is 1.41 bits per heavy atom. The van der Waals surface area contributed by atoms with Crippen LogP contribution in [0.25, 0.3) is 0 Å². The van der Waals surface area contributed by atoms with Crippen LogP contribution < -0.4 is 4.72 Å². The van der Waals surface area contributed by atoms with E-state index in [1.807, 2.05) is 0 Å². The van der Waals surface area contributed by atoms with Gasteiger partial charge in [0.15, 0.2) is 5.03 Å². The Balaban J connectivity index is 2.19. The number of nitrogens with one attached hydrogen (secondary N) is 2. The quantitative estimate of drug-likeness (QED) is 0.822. The molecule has 0 aromatic carbocycles. The molecule has 0 saturated heterocycles. The number of sulfonamides is 1. The standard InChI is InChI=1S/C10H16ClN3O2S/c11-7-10(4-2-1-3-5-10)14-17(15,16)9-6-12-8-13-9/h6,8,14H,1-5,7H2,(H,12,13). The summed E-state index contributed by atoms with van der Waals surface area (Å²) in [6, 6.07) is 0. The summed E-state index contributed by atoms with van der Waals surface area (Å²) in [5.41, 5.74) is -0.496. The Morgan fingerprint density at radius 3 is 2.65 bits per heavy atom. The van der Waals surface area contributed by atoms with Crippen molar-refractivity contribution >= 4 is 21.6 Å². The fraction of sp³-hybridized carbons (Fsp3) is 0.700. The number of aromatic nitrogens is 2. The molecule has 1 aliphatic rings. The van der Waals surface area contributed by atoms with Crippen molar-refractivity contribution in [2.45, 2.75) is 42.7 Å². The minimum absolute atomic E-state index is 0.0903. The lowest BCUT2D eigenvalue weighted by Crippen LogP contribution is -2.51. The van der Waals surface area contributed by atoms with Crippen molar-refractivity contribution in [1.82, 2.24) is 14.7 Å². The normalized spacial score (nSPS) is 20.3. The second-order valence-corrected chi connectivity index (χ2v) is 6.41. The van der Waals surface area contributed by atoms with Gasteiger partial charge in [-0.1, -0.05) is 19.3 Å². The molecule has 1 heterocycles. The fourth-order valence-corrected chi connectivity index (χ4v) is 4.00. The molecule has 17 heavy (non-hydrogen) atoms. The highest BCUT2D eigenvalue weighted by Gasteiger charge is 2.36. The van der Waals surface area contributed by atoms with Gasteiger partial charge < -0.3 is 4.98 Å². The topological polar surface area (TPSA) is 74.8 Å². The molecule has 0 unspecified atom stereocenters. The molecule has 1 saturated carbocycles. The fourth-order valence-electron chi connectivity index (χ4n) is 2.22. The van der Waals surface area contributed by atoms with Gasteiger partial charge >= 0.3 is 0 Å². The van der Waals surface area contributed by atoms with Gasteiger partial charge in [-0.15, -0.1) is 11.6 Å². The summed E-state index contributed by atoms with van der Waals surface area (Å²) in [6.07, 6.45) is 7.41. The Hall–Kier alpha value is -0.590. The van der Waals surface area contributed by atoms with E-state index >= 15 is 0 Å². The van der Waals surface area contributed by atoms with Crippen molar-refractivity contribution in [3.05, 3.63) is 12.5 Å². The summed E-state index contributed by atoms with van der Waals surface area (Å²) in [6.45, 7) is 0. The average molecular weight is 278 g/mol. The highest BCUT2D eigenvalue weighted by Crippen LogP contribution is 2.30. The van der Waals surface area contributed by atoms with Crippen molar-refractivity contribution in [2.24, 2.45) is 0 Å². The number of H-pyrrole nitrogens is 1. The predicted octanol–water partition coefficient (Wildman–Crippen LogP) is 1.63. The second kappa shape index (κ2) is 4.96. The summed E-state index contributed by atoms with van der Waals surface area (Å²) in [7, 11) is -3.54. The summed E-state index contributed by atoms with van der Waals surface area (Å²) >= 11 is 5.95. The smallest absolute Gasteiger partial charge is 0.258 e. The van der Waals surface area contributed by atoms with E-state index in [0.717, 1.165) is 32.1 Å². The number of aromatic amines is 1. The second-order valence-electron chi connectivity index (χ2n) is 4.50. The third-order valence-electron chi connectivity index (χ3n) is 3.18. The Morgan fingerprint density at radius 2 is 2.12 bits per heavy atom. The third kappa shape index (κ3) is 2.81. The van der Waals surface area contributed by atoms with Gasteiger partial charge in [-0.2, -0.15) is 0 Å². The monoisotopic (exact) mass is 277 g/mol. The SMILES string of the molecule is O=S(=O)(NC1(CCl)CCCCC1)c1cnc[nH]1. The van der Waals surface area contributed by atoms with Crippen LogP contribution in [-0.2, 0) is 10.0 Å². The first-order valence-electron chi connectivity index (χ1n) is 5.66. The maximum absolute atomic E-state index is 12.1. The zero-order valence-electron chi connectivity index (χ0n) is 9.45. The van der Waals surface area contributed by atoms with Crippen LogP contribution in [0.1, 0.15) is 32.1 Å². The van der Waals surface area contributed by atoms with Crippen LogP contribution in [-0.4, -0.2) is 29.8 Å². The van der Waals surface area contributed by atoms with Gasteiger partial charge in [-0.3, -0.25) is 0 Å². The highest BCUT2D eigenvalue weighted by molar-refractivity contribution is 7.89. The number of hydrogen-bond donors (Lipinski definition) is 2. The van der Waals surface area contributed by atoms with Crippen LogP contribution >= 0.6 is 11.6 Å². The van der Waals surface area contributed by atoms with Crippen LogP contribution in [0.2, 0.25) is 0 Å². The van der Waals surface area contributed by atoms with Crippen molar-refractivity contribution in [3.63, 3.8) is 0 Å².